The largest absolute Gasteiger partial charge is 0.481 e. The van der Waals surface area contributed by atoms with Crippen LogP contribution in [0.3, 0.4) is 0 Å². The van der Waals surface area contributed by atoms with Crippen LogP contribution in [0.1, 0.15) is 35.3 Å². The summed E-state index contributed by atoms with van der Waals surface area (Å²) in [4.78, 5) is 23.4. The third-order valence-electron chi connectivity index (χ3n) is 4.31. The molecule has 2 N–H and O–H groups in total. The molecule has 1 saturated carbocycles. The van der Waals surface area contributed by atoms with E-state index in [4.69, 9.17) is 5.11 Å². The van der Waals surface area contributed by atoms with E-state index in [1.807, 2.05) is 0 Å². The van der Waals surface area contributed by atoms with Gasteiger partial charge in [0.2, 0.25) is 0 Å². The fraction of sp³-hybridized carbons (Fsp3) is 0.375. The number of carboxylic acids is 1. The zero-order valence-electron chi connectivity index (χ0n) is 13.4. The molecule has 3 rings (SSSR count). The Bertz CT molecular complexity index is 834. The van der Waals surface area contributed by atoms with Crippen molar-refractivity contribution in [2.75, 3.05) is 0 Å². The van der Waals surface area contributed by atoms with Gasteiger partial charge in [-0.25, -0.2) is 4.68 Å². The summed E-state index contributed by atoms with van der Waals surface area (Å²) in [5.41, 5.74) is -0.833. The third kappa shape index (κ3) is 3.68. The molecule has 0 spiro atoms. The van der Waals surface area contributed by atoms with Crippen LogP contribution in [0.2, 0.25) is 0 Å². The normalized spacial score (nSPS) is 20.1. The molecule has 0 radical (unpaired) electrons. The third-order valence-corrected chi connectivity index (χ3v) is 4.31. The van der Waals surface area contributed by atoms with Crippen molar-refractivity contribution in [3.8, 4) is 5.69 Å². The summed E-state index contributed by atoms with van der Waals surface area (Å²) in [5.74, 6) is -2.24. The van der Waals surface area contributed by atoms with Gasteiger partial charge in [-0.15, -0.1) is 5.10 Å². The summed E-state index contributed by atoms with van der Waals surface area (Å²) >= 11 is 0. The Balaban J connectivity index is 1.76. The number of benzene rings is 1. The molecule has 1 fully saturated rings. The van der Waals surface area contributed by atoms with Crippen molar-refractivity contribution < 1.29 is 27.9 Å². The summed E-state index contributed by atoms with van der Waals surface area (Å²) in [6.07, 6.45) is -1.57. The van der Waals surface area contributed by atoms with Crippen LogP contribution < -0.4 is 5.32 Å². The van der Waals surface area contributed by atoms with Crippen LogP contribution in [0, 0.1) is 5.92 Å². The minimum atomic E-state index is -4.49. The van der Waals surface area contributed by atoms with E-state index in [2.05, 4.69) is 15.6 Å². The molecular formula is C16H15F3N4O3. The van der Waals surface area contributed by atoms with Crippen molar-refractivity contribution in [2.24, 2.45) is 5.92 Å². The van der Waals surface area contributed by atoms with Gasteiger partial charge >= 0.3 is 12.1 Å². The number of amides is 1. The second kappa shape index (κ2) is 6.77. The molecule has 138 valence electrons. The fourth-order valence-corrected chi connectivity index (χ4v) is 2.99. The highest BCUT2D eigenvalue weighted by Gasteiger charge is 2.34. The first kappa shape index (κ1) is 17.9. The Morgan fingerprint density at radius 3 is 2.73 bits per heavy atom. The molecule has 0 aliphatic heterocycles. The van der Waals surface area contributed by atoms with E-state index < -0.39 is 35.6 Å². The van der Waals surface area contributed by atoms with Gasteiger partial charge in [0, 0.05) is 6.04 Å². The van der Waals surface area contributed by atoms with E-state index in [0.717, 1.165) is 16.8 Å². The van der Waals surface area contributed by atoms with Crippen molar-refractivity contribution in [2.45, 2.75) is 31.5 Å². The Hall–Kier alpha value is -2.91. The number of alkyl halides is 3. The molecule has 2 aromatic rings. The van der Waals surface area contributed by atoms with Gasteiger partial charge in [0.05, 0.1) is 23.4 Å². The molecule has 0 saturated heterocycles. The molecule has 10 heteroatoms. The predicted octanol–water partition coefficient (Wildman–Crippen LogP) is 2.27. The Kier molecular flexibility index (Phi) is 4.66. The highest BCUT2D eigenvalue weighted by Crippen LogP contribution is 2.30. The highest BCUT2D eigenvalue weighted by molar-refractivity contribution is 5.92. The summed E-state index contributed by atoms with van der Waals surface area (Å²) < 4.78 is 39.4. The summed E-state index contributed by atoms with van der Waals surface area (Å²) in [7, 11) is 0. The smallest absolute Gasteiger partial charge is 0.416 e. The number of halogens is 3. The summed E-state index contributed by atoms with van der Waals surface area (Å²) in [6, 6.07) is 3.96. The molecule has 1 aliphatic rings. The van der Waals surface area contributed by atoms with Gasteiger partial charge < -0.3 is 10.4 Å². The van der Waals surface area contributed by atoms with Crippen LogP contribution in [0.4, 0.5) is 13.2 Å². The van der Waals surface area contributed by atoms with Gasteiger partial charge in [0.1, 0.15) is 0 Å². The second-order valence-corrected chi connectivity index (χ2v) is 6.05. The van der Waals surface area contributed by atoms with Crippen LogP contribution in [-0.2, 0) is 11.0 Å². The quantitative estimate of drug-likeness (QED) is 0.863. The van der Waals surface area contributed by atoms with Gasteiger partial charge in [-0.1, -0.05) is 17.7 Å². The Morgan fingerprint density at radius 2 is 2.04 bits per heavy atom. The maximum absolute atomic E-state index is 12.8. The lowest BCUT2D eigenvalue weighted by molar-refractivity contribution is -0.142. The molecule has 0 unspecified atom stereocenters. The monoisotopic (exact) mass is 368 g/mol. The summed E-state index contributed by atoms with van der Waals surface area (Å²) in [6.45, 7) is 0. The number of rotatable bonds is 4. The number of carbonyl (C=O) groups excluding carboxylic acids is 1. The number of carbonyl (C=O) groups is 2. The minimum absolute atomic E-state index is 0.0987. The van der Waals surface area contributed by atoms with Gasteiger partial charge in [-0.2, -0.15) is 13.2 Å². The lowest BCUT2D eigenvalue weighted by Crippen LogP contribution is -2.40. The van der Waals surface area contributed by atoms with Gasteiger partial charge in [-0.05, 0) is 31.0 Å². The molecule has 1 amide bonds. The van der Waals surface area contributed by atoms with Crippen LogP contribution in [0.5, 0.6) is 0 Å². The van der Waals surface area contributed by atoms with Gasteiger partial charge in [0.25, 0.3) is 5.91 Å². The van der Waals surface area contributed by atoms with Gasteiger partial charge in [-0.3, -0.25) is 9.59 Å². The molecule has 1 aromatic heterocycles. The Morgan fingerprint density at radius 1 is 1.27 bits per heavy atom. The van der Waals surface area contributed by atoms with Crippen molar-refractivity contribution in [1.82, 2.24) is 20.3 Å². The summed E-state index contributed by atoms with van der Waals surface area (Å²) in [5, 5.41) is 19.1. The Labute approximate surface area is 145 Å². The average Bonchev–Trinajstić information content (AvgIpc) is 3.23. The maximum Gasteiger partial charge on any atom is 0.416 e. The SMILES string of the molecule is O=C(N[C@H]1CCC[C@H]1C(=O)O)c1cn(-c2cccc(C(F)(F)F)c2)nn1. The van der Waals surface area contributed by atoms with Crippen LogP contribution in [0.25, 0.3) is 5.69 Å². The molecule has 26 heavy (non-hydrogen) atoms. The van der Waals surface area contributed by atoms with Crippen LogP contribution in [0.15, 0.2) is 30.5 Å². The van der Waals surface area contributed by atoms with Crippen molar-refractivity contribution >= 4 is 11.9 Å². The number of carboxylic acid groups (broad SMARTS) is 1. The zero-order valence-corrected chi connectivity index (χ0v) is 13.4. The van der Waals surface area contributed by atoms with E-state index >= 15 is 0 Å². The molecule has 1 aliphatic carbocycles. The number of hydrogen-bond donors (Lipinski definition) is 2. The number of aliphatic carboxylic acids is 1. The first-order chi connectivity index (χ1) is 12.3. The first-order valence-electron chi connectivity index (χ1n) is 7.89. The molecule has 2 atom stereocenters. The van der Waals surface area contributed by atoms with E-state index in [0.29, 0.717) is 19.3 Å². The predicted molar refractivity (Wildman–Crippen MR) is 82.6 cm³/mol. The topological polar surface area (TPSA) is 97.1 Å². The zero-order chi connectivity index (χ0) is 18.9. The van der Waals surface area contributed by atoms with Gasteiger partial charge in [0.15, 0.2) is 5.69 Å². The lowest BCUT2D eigenvalue weighted by Gasteiger charge is -2.16. The molecular weight excluding hydrogens is 353 g/mol. The van der Waals surface area contributed by atoms with Crippen molar-refractivity contribution in [1.29, 1.82) is 0 Å². The average molecular weight is 368 g/mol. The molecule has 1 heterocycles. The van der Waals surface area contributed by atoms with Crippen molar-refractivity contribution in [3.63, 3.8) is 0 Å². The molecule has 7 nitrogen and oxygen atoms in total. The number of nitrogens with zero attached hydrogens (tertiary/aromatic N) is 3. The highest BCUT2D eigenvalue weighted by atomic mass is 19.4. The number of hydrogen-bond acceptors (Lipinski definition) is 4. The maximum atomic E-state index is 12.8. The van der Waals surface area contributed by atoms with E-state index in [-0.39, 0.29) is 11.4 Å². The second-order valence-electron chi connectivity index (χ2n) is 6.05. The first-order valence-corrected chi connectivity index (χ1v) is 7.89. The van der Waals surface area contributed by atoms with E-state index in [1.165, 1.54) is 18.3 Å². The van der Waals surface area contributed by atoms with E-state index in [9.17, 15) is 22.8 Å². The fourth-order valence-electron chi connectivity index (χ4n) is 2.99. The standard InChI is InChI=1S/C16H15F3N4O3/c17-16(18,19)9-3-1-4-10(7-9)23-8-13(21-22-23)14(24)20-12-6-2-5-11(12)15(25)26/h1,3-4,7-8,11-12H,2,5-6H2,(H,20,24)(H,25,26)/t11-,12+/m1/s1. The number of nitrogens with one attached hydrogen (secondary N) is 1. The lowest BCUT2D eigenvalue weighted by atomic mass is 10.0. The van der Waals surface area contributed by atoms with Crippen molar-refractivity contribution in [3.05, 3.63) is 41.7 Å². The molecule has 1 aromatic carbocycles. The van der Waals surface area contributed by atoms with Crippen LogP contribution >= 0.6 is 0 Å². The van der Waals surface area contributed by atoms with Crippen LogP contribution in [-0.4, -0.2) is 38.0 Å². The number of aromatic nitrogens is 3. The minimum Gasteiger partial charge on any atom is -0.481 e. The van der Waals surface area contributed by atoms with E-state index in [1.54, 1.807) is 0 Å². The molecule has 0 bridgehead atoms.